The number of hydrogen-bond donors (Lipinski definition) is 2. The number of nitrogen functional groups attached to an aromatic ring is 1. The average Bonchev–Trinajstić information content (AvgIpc) is 2.81. The van der Waals surface area contributed by atoms with Gasteiger partial charge < -0.3 is 20.6 Å². The Bertz CT molecular complexity index is 1350. The number of aryl methyl sites for hydroxylation is 1. The van der Waals surface area contributed by atoms with Crippen LogP contribution < -0.4 is 10.6 Å². The summed E-state index contributed by atoms with van der Waals surface area (Å²) in [7, 11) is 4.04. The second kappa shape index (κ2) is 14.5. The lowest BCUT2D eigenvalue weighted by Crippen LogP contribution is -2.33. The summed E-state index contributed by atoms with van der Waals surface area (Å²) >= 11 is 0. The van der Waals surface area contributed by atoms with Crippen LogP contribution in [0.5, 0.6) is 0 Å². The molecule has 0 aliphatic heterocycles. The van der Waals surface area contributed by atoms with Crippen LogP contribution in [0.15, 0.2) is 72.8 Å². The van der Waals surface area contributed by atoms with Crippen molar-refractivity contribution in [1.29, 1.82) is 0 Å². The van der Waals surface area contributed by atoms with Gasteiger partial charge in [0, 0.05) is 20.5 Å². The summed E-state index contributed by atoms with van der Waals surface area (Å²) in [5.74, 6) is -0.738. The number of amides is 1. The summed E-state index contributed by atoms with van der Waals surface area (Å²) in [6, 6.07) is 15.5. The maximum Gasteiger partial charge on any atom is 0.290 e. The lowest BCUT2D eigenvalue weighted by molar-refractivity contribution is -0.123. The molecule has 0 fully saturated rings. The molecule has 1 heterocycles. The molecule has 3 N–H and O–H groups in total. The van der Waals surface area contributed by atoms with E-state index in [4.69, 9.17) is 15.6 Å². The number of benzene rings is 2. The van der Waals surface area contributed by atoms with Crippen LogP contribution in [0, 0.1) is 18.7 Å². The first-order valence-electron chi connectivity index (χ1n) is 12.2. The average molecular weight is 539 g/mol. The van der Waals surface area contributed by atoms with E-state index in [1.165, 1.54) is 31.2 Å². The molecule has 0 spiro atoms. The number of carbonyl (C=O) groups is 2. The molecule has 3 aromatic rings. The Balaban J connectivity index is 0.000000561. The SMILES string of the molecule is CC(=O)N(c1cc(F)c(C)cc1C1=CC=C1)[C@H](C)c1ccccc1CN(C)C.Nc1cccc(F)n1.O=CO.[HH]. The third-order valence-corrected chi connectivity index (χ3v) is 5.85. The van der Waals surface area contributed by atoms with E-state index in [2.05, 4.69) is 16.0 Å². The number of aromatic nitrogens is 1. The van der Waals surface area contributed by atoms with Gasteiger partial charge in [0.15, 0.2) is 0 Å². The number of nitrogens with zero attached hydrogens (tertiary/aromatic N) is 3. The molecule has 9 heteroatoms. The normalized spacial score (nSPS) is 12.2. The monoisotopic (exact) mass is 538 g/mol. The number of carbonyl (C=O) groups excluding carboxylic acids is 1. The Morgan fingerprint density at radius 2 is 1.79 bits per heavy atom. The van der Waals surface area contributed by atoms with Crippen molar-refractivity contribution < 1.29 is 24.9 Å². The van der Waals surface area contributed by atoms with Gasteiger partial charge in [-0.25, -0.2) is 9.37 Å². The zero-order chi connectivity index (χ0) is 29.1. The molecule has 0 radical (unpaired) electrons. The van der Waals surface area contributed by atoms with Gasteiger partial charge in [-0.05, 0) is 74.5 Å². The maximum absolute atomic E-state index is 14.5. The Kier molecular flexibility index (Phi) is 11.5. The fourth-order valence-electron chi connectivity index (χ4n) is 4.11. The summed E-state index contributed by atoms with van der Waals surface area (Å²) < 4.78 is 26.5. The highest BCUT2D eigenvalue weighted by atomic mass is 19.1. The Labute approximate surface area is 229 Å². The quantitative estimate of drug-likeness (QED) is 0.294. The third kappa shape index (κ3) is 8.58. The van der Waals surface area contributed by atoms with Crippen molar-refractivity contribution in [2.24, 2.45) is 0 Å². The van der Waals surface area contributed by atoms with Crippen LogP contribution in [0.1, 0.15) is 43.6 Å². The molecule has 1 aliphatic rings. The molecule has 7 nitrogen and oxygen atoms in total. The number of halogens is 2. The Hall–Kier alpha value is -4.37. The van der Waals surface area contributed by atoms with Crippen LogP contribution in [0.4, 0.5) is 20.3 Å². The van der Waals surface area contributed by atoms with Crippen molar-refractivity contribution in [3.05, 3.63) is 107 Å². The fourth-order valence-corrected chi connectivity index (χ4v) is 4.11. The van der Waals surface area contributed by atoms with Gasteiger partial charge in [0.25, 0.3) is 6.47 Å². The van der Waals surface area contributed by atoms with Crippen molar-refractivity contribution in [1.82, 2.24) is 9.88 Å². The summed E-state index contributed by atoms with van der Waals surface area (Å²) in [4.78, 5) is 28.2. The van der Waals surface area contributed by atoms with Crippen LogP contribution in [0.25, 0.3) is 5.57 Å². The van der Waals surface area contributed by atoms with Gasteiger partial charge in [-0.1, -0.05) is 48.6 Å². The molecule has 4 rings (SSSR count). The minimum absolute atomic E-state index is 0. The van der Waals surface area contributed by atoms with Gasteiger partial charge in [0.2, 0.25) is 11.9 Å². The van der Waals surface area contributed by atoms with E-state index in [9.17, 15) is 13.6 Å². The van der Waals surface area contributed by atoms with Gasteiger partial charge in [0.05, 0.1) is 11.7 Å². The second-order valence-electron chi connectivity index (χ2n) is 9.09. The van der Waals surface area contributed by atoms with Crippen LogP contribution in [-0.2, 0) is 16.1 Å². The molecular formula is C30H36F2N4O3. The lowest BCUT2D eigenvalue weighted by atomic mass is 9.93. The van der Waals surface area contributed by atoms with Crippen molar-refractivity contribution in [3.8, 4) is 0 Å². The number of hydrogen-bond acceptors (Lipinski definition) is 5. The first-order chi connectivity index (χ1) is 18.5. The van der Waals surface area contributed by atoms with E-state index in [0.29, 0.717) is 11.3 Å². The number of anilines is 2. The molecule has 39 heavy (non-hydrogen) atoms. The van der Waals surface area contributed by atoms with E-state index in [1.54, 1.807) is 11.8 Å². The number of allylic oxidation sites excluding steroid dienone is 4. The molecule has 0 unspecified atom stereocenters. The highest BCUT2D eigenvalue weighted by Crippen LogP contribution is 2.38. The molecule has 1 amide bonds. The maximum atomic E-state index is 14.5. The molecule has 2 aromatic carbocycles. The zero-order valence-corrected chi connectivity index (χ0v) is 22.7. The van der Waals surface area contributed by atoms with Crippen LogP contribution in [0.3, 0.4) is 0 Å². The highest BCUT2D eigenvalue weighted by Gasteiger charge is 2.26. The van der Waals surface area contributed by atoms with Gasteiger partial charge >= 0.3 is 0 Å². The van der Waals surface area contributed by atoms with Crippen LogP contribution in [-0.4, -0.2) is 41.5 Å². The van der Waals surface area contributed by atoms with Gasteiger partial charge in [0.1, 0.15) is 11.6 Å². The number of rotatable bonds is 6. The Morgan fingerprint density at radius 3 is 2.28 bits per heavy atom. The molecule has 0 saturated heterocycles. The highest BCUT2D eigenvalue weighted by molar-refractivity contribution is 5.98. The zero-order valence-electron chi connectivity index (χ0n) is 22.7. The molecule has 208 valence electrons. The van der Waals surface area contributed by atoms with Gasteiger partial charge in [-0.15, -0.1) is 0 Å². The summed E-state index contributed by atoms with van der Waals surface area (Å²) in [5.41, 5.74) is 10.4. The summed E-state index contributed by atoms with van der Waals surface area (Å²) in [5, 5.41) is 6.89. The van der Waals surface area contributed by atoms with Crippen molar-refractivity contribution in [2.45, 2.75) is 33.4 Å². The molecular weight excluding hydrogens is 502 g/mol. The molecule has 1 atom stereocenters. The van der Waals surface area contributed by atoms with Crippen LogP contribution in [0.2, 0.25) is 0 Å². The summed E-state index contributed by atoms with van der Waals surface area (Å²) in [6.45, 7) is 5.81. The molecule has 0 bridgehead atoms. The topological polar surface area (TPSA) is 99.8 Å². The predicted molar refractivity (Wildman–Crippen MR) is 153 cm³/mol. The van der Waals surface area contributed by atoms with Crippen molar-refractivity contribution in [3.63, 3.8) is 0 Å². The first kappa shape index (κ1) is 30.9. The van der Waals surface area contributed by atoms with Crippen molar-refractivity contribution >= 4 is 29.5 Å². The fraction of sp³-hybridized carbons (Fsp3) is 0.233. The minimum atomic E-state index is -0.537. The minimum Gasteiger partial charge on any atom is -0.483 e. The Morgan fingerprint density at radius 1 is 1.15 bits per heavy atom. The van der Waals surface area contributed by atoms with Gasteiger partial charge in [-0.3, -0.25) is 9.59 Å². The predicted octanol–water partition coefficient (Wildman–Crippen LogP) is 6.01. The van der Waals surface area contributed by atoms with E-state index >= 15 is 0 Å². The largest absolute Gasteiger partial charge is 0.483 e. The van der Waals surface area contributed by atoms with E-state index in [0.717, 1.165) is 28.8 Å². The van der Waals surface area contributed by atoms with E-state index in [1.807, 2.05) is 63.5 Å². The van der Waals surface area contributed by atoms with Crippen LogP contribution >= 0.6 is 0 Å². The van der Waals surface area contributed by atoms with Gasteiger partial charge in [-0.2, -0.15) is 4.39 Å². The number of pyridine rings is 1. The molecule has 1 aromatic heterocycles. The first-order valence-corrected chi connectivity index (χ1v) is 12.2. The third-order valence-electron chi connectivity index (χ3n) is 5.85. The lowest BCUT2D eigenvalue weighted by Gasteiger charge is -2.33. The van der Waals surface area contributed by atoms with E-state index in [-0.39, 0.29) is 31.5 Å². The molecule has 0 saturated carbocycles. The molecule has 1 aliphatic carbocycles. The van der Waals surface area contributed by atoms with Crippen molar-refractivity contribution in [2.75, 3.05) is 24.7 Å². The standard InChI is InChI=1S/C24H27FN2O.C5H5FN2.CH2O2.H2/c1-16-13-22(19-10-8-11-19)24(14-23(16)25)27(18(3)28)17(2)21-12-7-6-9-20(21)15-26(4)5;6-4-2-1-3-5(7)8-4;2-1-3;/h6-14,17H,15H2,1-5H3;1-3H,(H2,7,8);1H,(H,2,3);1H/t17-;;;/m1.../s1. The number of carboxylic acid groups (broad SMARTS) is 1. The van der Waals surface area contributed by atoms with E-state index < -0.39 is 5.95 Å². The second-order valence-corrected chi connectivity index (χ2v) is 9.09. The number of nitrogens with two attached hydrogens (primary N) is 1. The smallest absolute Gasteiger partial charge is 0.290 e. The summed E-state index contributed by atoms with van der Waals surface area (Å²) in [6.07, 6.45) is 5.92.